The van der Waals surface area contributed by atoms with Crippen LogP contribution in [0.25, 0.3) is 0 Å². The fraction of sp³-hybridized carbons (Fsp3) is 1.00. The summed E-state index contributed by atoms with van der Waals surface area (Å²) in [4.78, 5) is 0. The van der Waals surface area contributed by atoms with E-state index in [4.69, 9.17) is 0 Å². The zero-order valence-electron chi connectivity index (χ0n) is 15.1. The van der Waals surface area contributed by atoms with Crippen molar-refractivity contribution in [3.05, 3.63) is 0 Å². The van der Waals surface area contributed by atoms with E-state index < -0.39 is 0 Å². The molecule has 1 unspecified atom stereocenters. The maximum absolute atomic E-state index is 3.63. The minimum absolute atomic E-state index is 0.795. The molecule has 0 radical (unpaired) electrons. The molecule has 0 spiro atoms. The van der Waals surface area contributed by atoms with Crippen LogP contribution < -0.4 is 5.32 Å². The van der Waals surface area contributed by atoms with E-state index in [2.05, 4.69) is 26.2 Å². The average molecular weight is 296 g/mol. The predicted molar refractivity (Wildman–Crippen MR) is 95.8 cm³/mol. The third-order valence-electron chi connectivity index (χ3n) is 5.65. The first-order chi connectivity index (χ1) is 10.3. The van der Waals surface area contributed by atoms with Crippen molar-refractivity contribution in [3.63, 3.8) is 0 Å². The first kappa shape index (κ1) is 19.0. The quantitative estimate of drug-likeness (QED) is 0.415. The van der Waals surface area contributed by atoms with Gasteiger partial charge in [0.15, 0.2) is 0 Å². The normalized spacial score (nSPS) is 24.1. The maximum atomic E-state index is 3.63. The molecule has 0 aliphatic heterocycles. The highest BCUT2D eigenvalue weighted by Crippen LogP contribution is 2.34. The van der Waals surface area contributed by atoms with Crippen molar-refractivity contribution in [3.8, 4) is 0 Å². The lowest BCUT2D eigenvalue weighted by Crippen LogP contribution is -2.35. The summed E-state index contributed by atoms with van der Waals surface area (Å²) >= 11 is 0. The number of rotatable bonds is 12. The van der Waals surface area contributed by atoms with Gasteiger partial charge in [0.2, 0.25) is 0 Å². The van der Waals surface area contributed by atoms with Gasteiger partial charge in [0, 0.05) is 6.04 Å². The van der Waals surface area contributed by atoms with Crippen LogP contribution in [-0.2, 0) is 0 Å². The Bertz CT molecular complexity index is 218. The molecule has 1 N–H and O–H groups in total. The van der Waals surface area contributed by atoms with Crippen molar-refractivity contribution in [2.75, 3.05) is 7.05 Å². The minimum atomic E-state index is 0.795. The van der Waals surface area contributed by atoms with Crippen LogP contribution >= 0.6 is 0 Å². The fourth-order valence-electron chi connectivity index (χ4n) is 4.22. The summed E-state index contributed by atoms with van der Waals surface area (Å²) in [6.45, 7) is 4.63. The molecule has 1 rings (SSSR count). The third-order valence-corrected chi connectivity index (χ3v) is 5.65. The second kappa shape index (κ2) is 12.5. The lowest BCUT2D eigenvalue weighted by Gasteiger charge is -2.34. The summed E-state index contributed by atoms with van der Waals surface area (Å²) in [7, 11) is 2.18. The maximum Gasteiger partial charge on any atom is 0.00923 e. The number of nitrogens with one attached hydrogen (secondary N) is 1. The molecule has 1 nitrogen and oxygen atoms in total. The van der Waals surface area contributed by atoms with Gasteiger partial charge in [-0.1, -0.05) is 84.5 Å². The van der Waals surface area contributed by atoms with Crippen molar-refractivity contribution >= 4 is 0 Å². The monoisotopic (exact) mass is 295 g/mol. The van der Waals surface area contributed by atoms with Crippen molar-refractivity contribution in [2.24, 2.45) is 11.8 Å². The van der Waals surface area contributed by atoms with Crippen LogP contribution in [0.15, 0.2) is 0 Å². The second-order valence-corrected chi connectivity index (χ2v) is 7.37. The van der Waals surface area contributed by atoms with Crippen molar-refractivity contribution < 1.29 is 0 Å². The van der Waals surface area contributed by atoms with Crippen LogP contribution in [0.5, 0.6) is 0 Å². The smallest absolute Gasteiger partial charge is 0.00923 e. The zero-order valence-corrected chi connectivity index (χ0v) is 15.1. The molecule has 1 heteroatoms. The van der Waals surface area contributed by atoms with Gasteiger partial charge in [-0.25, -0.2) is 0 Å². The Morgan fingerprint density at radius 3 is 2.00 bits per heavy atom. The summed E-state index contributed by atoms with van der Waals surface area (Å²) in [5.74, 6) is 2.01. The largest absolute Gasteiger partial charge is 0.317 e. The van der Waals surface area contributed by atoms with Gasteiger partial charge in [0.05, 0.1) is 0 Å². The van der Waals surface area contributed by atoms with Crippen LogP contribution in [0.1, 0.15) is 104 Å². The SMILES string of the molecule is CCCCCCCCCC(NC)C1CCC(CCC)CC1. The zero-order chi connectivity index (χ0) is 15.3. The lowest BCUT2D eigenvalue weighted by molar-refractivity contribution is 0.210. The molecule has 1 aliphatic rings. The van der Waals surface area contributed by atoms with Crippen LogP contribution in [0.2, 0.25) is 0 Å². The van der Waals surface area contributed by atoms with Gasteiger partial charge >= 0.3 is 0 Å². The second-order valence-electron chi connectivity index (χ2n) is 7.37. The lowest BCUT2D eigenvalue weighted by atomic mass is 9.76. The summed E-state index contributed by atoms with van der Waals surface area (Å²) in [5, 5.41) is 3.63. The van der Waals surface area contributed by atoms with Crippen LogP contribution in [0.3, 0.4) is 0 Å². The number of hydrogen-bond donors (Lipinski definition) is 1. The highest BCUT2D eigenvalue weighted by atomic mass is 14.9. The van der Waals surface area contributed by atoms with Gasteiger partial charge in [0.25, 0.3) is 0 Å². The van der Waals surface area contributed by atoms with Gasteiger partial charge in [-0.2, -0.15) is 0 Å². The first-order valence-electron chi connectivity index (χ1n) is 9.99. The van der Waals surface area contributed by atoms with Gasteiger partial charge in [-0.05, 0) is 38.1 Å². The van der Waals surface area contributed by atoms with E-state index in [1.54, 1.807) is 0 Å². The molecular weight excluding hydrogens is 254 g/mol. The summed E-state index contributed by atoms with van der Waals surface area (Å²) in [6.07, 6.45) is 20.3. The molecular formula is C20H41N. The van der Waals surface area contributed by atoms with Crippen molar-refractivity contribution in [2.45, 2.75) is 110 Å². The Balaban J connectivity index is 2.09. The standard InChI is InChI=1S/C20H41N/c1-4-6-7-8-9-10-11-13-20(21-3)19-16-14-18(12-5-2)15-17-19/h18-21H,4-17H2,1-3H3. The molecule has 1 fully saturated rings. The van der Waals surface area contributed by atoms with Crippen LogP contribution in [0.4, 0.5) is 0 Å². The summed E-state index contributed by atoms with van der Waals surface area (Å²) in [6, 6.07) is 0.795. The van der Waals surface area contributed by atoms with E-state index in [0.717, 1.165) is 17.9 Å². The summed E-state index contributed by atoms with van der Waals surface area (Å²) in [5.41, 5.74) is 0. The Kier molecular flexibility index (Phi) is 11.3. The topological polar surface area (TPSA) is 12.0 Å². The van der Waals surface area contributed by atoms with E-state index in [-0.39, 0.29) is 0 Å². The molecule has 1 saturated carbocycles. The highest BCUT2D eigenvalue weighted by molar-refractivity contribution is 4.81. The molecule has 1 aliphatic carbocycles. The van der Waals surface area contributed by atoms with E-state index in [1.807, 2.05) is 0 Å². The molecule has 0 amide bonds. The third kappa shape index (κ3) is 8.24. The molecule has 126 valence electrons. The molecule has 0 saturated heterocycles. The predicted octanol–water partition coefficient (Wildman–Crippen LogP) is 6.32. The average Bonchev–Trinajstić information content (AvgIpc) is 2.52. The van der Waals surface area contributed by atoms with E-state index in [9.17, 15) is 0 Å². The van der Waals surface area contributed by atoms with Gasteiger partial charge in [-0.3, -0.25) is 0 Å². The molecule has 0 aromatic carbocycles. The number of hydrogen-bond acceptors (Lipinski definition) is 1. The van der Waals surface area contributed by atoms with Crippen molar-refractivity contribution in [1.29, 1.82) is 0 Å². The Hall–Kier alpha value is -0.0400. The van der Waals surface area contributed by atoms with Gasteiger partial charge < -0.3 is 5.32 Å². The Morgan fingerprint density at radius 2 is 1.43 bits per heavy atom. The minimum Gasteiger partial charge on any atom is -0.317 e. The molecule has 1 atom stereocenters. The van der Waals surface area contributed by atoms with E-state index in [1.165, 1.54) is 89.9 Å². The highest BCUT2D eigenvalue weighted by Gasteiger charge is 2.25. The van der Waals surface area contributed by atoms with E-state index >= 15 is 0 Å². The Labute approximate surface area is 134 Å². The first-order valence-corrected chi connectivity index (χ1v) is 9.99. The number of unbranched alkanes of at least 4 members (excludes halogenated alkanes) is 6. The van der Waals surface area contributed by atoms with Crippen LogP contribution in [-0.4, -0.2) is 13.1 Å². The molecule has 0 aromatic rings. The Morgan fingerprint density at radius 1 is 0.810 bits per heavy atom. The van der Waals surface area contributed by atoms with Crippen LogP contribution in [0, 0.1) is 11.8 Å². The molecule has 21 heavy (non-hydrogen) atoms. The molecule has 0 aromatic heterocycles. The molecule has 0 bridgehead atoms. The fourth-order valence-corrected chi connectivity index (χ4v) is 4.22. The van der Waals surface area contributed by atoms with Gasteiger partial charge in [0.1, 0.15) is 0 Å². The molecule has 0 heterocycles. The van der Waals surface area contributed by atoms with Gasteiger partial charge in [-0.15, -0.1) is 0 Å². The summed E-state index contributed by atoms with van der Waals surface area (Å²) < 4.78 is 0. The van der Waals surface area contributed by atoms with Crippen molar-refractivity contribution in [1.82, 2.24) is 5.32 Å². The van der Waals surface area contributed by atoms with E-state index in [0.29, 0.717) is 0 Å².